The van der Waals surface area contributed by atoms with Gasteiger partial charge in [-0.3, -0.25) is 9.80 Å². The van der Waals surface area contributed by atoms with Gasteiger partial charge in [-0.2, -0.15) is 0 Å². The van der Waals surface area contributed by atoms with Gasteiger partial charge in [0.25, 0.3) is 0 Å². The topological polar surface area (TPSA) is 65.1 Å². The molecule has 9 heteroatoms. The number of rotatable bonds is 8. The summed E-state index contributed by atoms with van der Waals surface area (Å²) in [5.41, 5.74) is 7.22. The predicted octanol–water partition coefficient (Wildman–Crippen LogP) is 8.02. The van der Waals surface area contributed by atoms with Gasteiger partial charge in [-0.25, -0.2) is 0 Å². The monoisotopic (exact) mass is 719 g/mol. The molecule has 0 N–H and O–H groups in total. The lowest BCUT2D eigenvalue weighted by Gasteiger charge is -2.37. The van der Waals surface area contributed by atoms with Crippen molar-refractivity contribution in [3.8, 4) is 46.0 Å². The number of hydrogen-bond acceptors (Lipinski definition) is 9. The minimum Gasteiger partial charge on any atom is -0.493 e. The molecule has 0 amide bonds. The molecule has 2 atom stereocenters. The van der Waals surface area contributed by atoms with E-state index in [1.807, 2.05) is 0 Å². The Bertz CT molecular complexity index is 1920. The van der Waals surface area contributed by atoms with Crippen LogP contribution in [0, 0.1) is 0 Å². The van der Waals surface area contributed by atoms with Crippen molar-refractivity contribution in [2.24, 2.45) is 0 Å². The summed E-state index contributed by atoms with van der Waals surface area (Å²) >= 11 is 0. The largest absolute Gasteiger partial charge is 0.493 e. The molecule has 6 bridgehead atoms. The van der Waals surface area contributed by atoms with E-state index in [0.717, 1.165) is 80.1 Å². The number of methoxy groups -OCH3 is 3. The fourth-order valence-electron chi connectivity index (χ4n) is 8.70. The number of ether oxygens (including phenoxy) is 6. The van der Waals surface area contributed by atoms with E-state index in [2.05, 4.69) is 89.5 Å². The predicted molar refractivity (Wildman–Crippen MR) is 207 cm³/mol. The Kier molecular flexibility index (Phi) is 10.4. The van der Waals surface area contributed by atoms with E-state index in [9.17, 15) is 0 Å². The second kappa shape index (κ2) is 15.5. The third-order valence-corrected chi connectivity index (χ3v) is 11.7. The molecule has 4 aromatic carbocycles. The van der Waals surface area contributed by atoms with Crippen LogP contribution in [0.4, 0.5) is 0 Å². The molecule has 0 unspecified atom stereocenters. The maximum absolute atomic E-state index is 7.10. The lowest BCUT2D eigenvalue weighted by Crippen LogP contribution is -2.34. The Morgan fingerprint density at radius 1 is 0.660 bits per heavy atom. The molecule has 0 saturated carbocycles. The maximum Gasteiger partial charge on any atom is 0.204 e. The molecule has 5 heterocycles. The van der Waals surface area contributed by atoms with Crippen LogP contribution in [-0.2, 0) is 25.7 Å². The molecule has 5 aliphatic rings. The number of likely N-dealkylation sites (N-methyl/N-ethyl adjacent to an activating group) is 2. The zero-order valence-corrected chi connectivity index (χ0v) is 31.9. The number of nitrogens with zero attached hydrogens (tertiary/aromatic N) is 3. The molecular formula is C44H53N3O6. The van der Waals surface area contributed by atoms with Crippen molar-refractivity contribution in [2.75, 3.05) is 74.8 Å². The van der Waals surface area contributed by atoms with Gasteiger partial charge in [-0.15, -0.1) is 0 Å². The Labute approximate surface area is 314 Å². The lowest BCUT2D eigenvalue weighted by molar-refractivity contribution is 0.220. The Morgan fingerprint density at radius 3 is 2.09 bits per heavy atom. The van der Waals surface area contributed by atoms with E-state index in [1.165, 1.54) is 48.2 Å². The summed E-state index contributed by atoms with van der Waals surface area (Å²) in [5.74, 6) is 5.59. The highest BCUT2D eigenvalue weighted by Crippen LogP contribution is 2.52. The first-order valence-corrected chi connectivity index (χ1v) is 19.2. The van der Waals surface area contributed by atoms with Crippen molar-refractivity contribution in [2.45, 2.75) is 57.0 Å². The van der Waals surface area contributed by atoms with E-state index < -0.39 is 0 Å². The molecule has 0 spiro atoms. The fraction of sp³-hybridized carbons (Fsp3) is 0.455. The van der Waals surface area contributed by atoms with Crippen LogP contribution in [0.25, 0.3) is 0 Å². The number of likely N-dealkylation sites (tertiary alicyclic amines) is 1. The van der Waals surface area contributed by atoms with Gasteiger partial charge >= 0.3 is 0 Å². The van der Waals surface area contributed by atoms with Gasteiger partial charge in [-0.1, -0.05) is 18.2 Å². The minimum atomic E-state index is -0.00527. The van der Waals surface area contributed by atoms with Crippen LogP contribution < -0.4 is 28.4 Å². The second-order valence-corrected chi connectivity index (χ2v) is 15.0. The van der Waals surface area contributed by atoms with Gasteiger partial charge in [0, 0.05) is 37.3 Å². The Hall–Kier alpha value is -4.44. The van der Waals surface area contributed by atoms with Crippen LogP contribution in [-0.4, -0.2) is 89.5 Å². The molecule has 53 heavy (non-hydrogen) atoms. The van der Waals surface area contributed by atoms with Crippen molar-refractivity contribution in [1.29, 1.82) is 0 Å². The highest BCUT2D eigenvalue weighted by molar-refractivity contribution is 5.64. The third-order valence-electron chi connectivity index (χ3n) is 11.7. The second-order valence-electron chi connectivity index (χ2n) is 15.0. The molecule has 280 valence electrons. The first kappa shape index (κ1) is 35.6. The van der Waals surface area contributed by atoms with Gasteiger partial charge in [0.15, 0.2) is 34.5 Å². The summed E-state index contributed by atoms with van der Waals surface area (Å²) in [5, 5.41) is 0. The van der Waals surface area contributed by atoms with E-state index in [-0.39, 0.29) is 12.1 Å². The highest BCUT2D eigenvalue weighted by atomic mass is 16.5. The maximum atomic E-state index is 7.10. The number of hydrogen-bond donors (Lipinski definition) is 0. The average Bonchev–Trinajstić information content (AvgIpc) is 3.70. The first-order valence-electron chi connectivity index (χ1n) is 19.2. The minimum absolute atomic E-state index is 0.00527. The molecule has 0 aromatic heterocycles. The van der Waals surface area contributed by atoms with Crippen LogP contribution in [0.5, 0.6) is 46.0 Å². The molecule has 0 aliphatic carbocycles. The standard InChI is InChI=1S/C44H53N3O6/c1-45-20-15-31-26-38(48-3)40-28-34(31)35(45)23-29-9-12-33(13-10-29)52-39-25-30(11-14-37(39)51-22-8-19-47-17-6-7-18-47)24-36-42-32(16-21-46(36)2)27-41(49-4)43(50-5)44(42)53-40/h9-14,25-28,35-36H,6-8,15-24H2,1-5H3/t35-,36+/m0/s1. The van der Waals surface area contributed by atoms with Gasteiger partial charge in [0.05, 0.1) is 27.9 Å². The lowest BCUT2D eigenvalue weighted by atomic mass is 9.87. The van der Waals surface area contributed by atoms with Crippen molar-refractivity contribution >= 4 is 0 Å². The number of benzene rings is 4. The molecule has 5 aliphatic heterocycles. The molecule has 4 aromatic rings. The summed E-state index contributed by atoms with van der Waals surface area (Å²) in [6.07, 6.45) is 6.96. The Morgan fingerprint density at radius 2 is 1.34 bits per heavy atom. The van der Waals surface area contributed by atoms with E-state index in [0.29, 0.717) is 35.4 Å². The summed E-state index contributed by atoms with van der Waals surface area (Å²) in [6.45, 7) is 5.96. The normalized spacial score (nSPS) is 20.1. The summed E-state index contributed by atoms with van der Waals surface area (Å²) in [4.78, 5) is 7.39. The molecule has 9 nitrogen and oxygen atoms in total. The molecular weight excluding hydrogens is 666 g/mol. The zero-order valence-electron chi connectivity index (χ0n) is 31.9. The van der Waals surface area contributed by atoms with Crippen molar-refractivity contribution in [3.63, 3.8) is 0 Å². The molecule has 1 fully saturated rings. The van der Waals surface area contributed by atoms with Crippen LogP contribution >= 0.6 is 0 Å². The Balaban J connectivity index is 1.24. The fourth-order valence-corrected chi connectivity index (χ4v) is 8.70. The van der Waals surface area contributed by atoms with Crippen molar-refractivity contribution in [3.05, 3.63) is 94.0 Å². The van der Waals surface area contributed by atoms with Crippen LogP contribution in [0.1, 0.15) is 64.7 Å². The summed E-state index contributed by atoms with van der Waals surface area (Å²) in [6, 6.07) is 21.6. The van der Waals surface area contributed by atoms with Gasteiger partial charge in [-0.05, 0) is 142 Å². The molecule has 9 rings (SSSR count). The van der Waals surface area contributed by atoms with Gasteiger partial charge in [0.2, 0.25) is 5.75 Å². The first-order chi connectivity index (χ1) is 25.9. The van der Waals surface area contributed by atoms with E-state index >= 15 is 0 Å². The van der Waals surface area contributed by atoms with Crippen LogP contribution in [0.15, 0.2) is 60.7 Å². The SMILES string of the molecule is COc1cc2c3cc1Oc1c(OC)c(OC)cc4c1[C@@H](Cc1ccc(OCCCN5CCCC5)c(c1)Oc1ccc(cc1)C[C@@H]3N(C)CC2)N(C)CC4. The summed E-state index contributed by atoms with van der Waals surface area (Å²) in [7, 11) is 9.50. The quantitative estimate of drug-likeness (QED) is 0.169. The average molecular weight is 720 g/mol. The van der Waals surface area contributed by atoms with Gasteiger partial charge < -0.3 is 33.3 Å². The summed E-state index contributed by atoms with van der Waals surface area (Å²) < 4.78 is 38.3. The zero-order chi connectivity index (χ0) is 36.5. The third kappa shape index (κ3) is 7.27. The van der Waals surface area contributed by atoms with Crippen molar-refractivity contribution < 1.29 is 28.4 Å². The van der Waals surface area contributed by atoms with E-state index in [4.69, 9.17) is 28.4 Å². The van der Waals surface area contributed by atoms with Crippen molar-refractivity contribution in [1.82, 2.24) is 14.7 Å². The van der Waals surface area contributed by atoms with E-state index in [1.54, 1.807) is 21.3 Å². The van der Waals surface area contributed by atoms with Gasteiger partial charge in [0.1, 0.15) is 5.75 Å². The smallest absolute Gasteiger partial charge is 0.204 e. The number of fused-ring (bicyclic) bond motifs is 2. The van der Waals surface area contributed by atoms with Crippen LogP contribution in [0.2, 0.25) is 0 Å². The molecule has 0 radical (unpaired) electrons. The highest BCUT2D eigenvalue weighted by Gasteiger charge is 2.35. The molecule has 1 saturated heterocycles. The van der Waals surface area contributed by atoms with Crippen LogP contribution in [0.3, 0.4) is 0 Å².